The molecular weight excluding hydrogens is 296 g/mol. The summed E-state index contributed by atoms with van der Waals surface area (Å²) in [7, 11) is 0. The Morgan fingerprint density at radius 3 is 2.91 bits per heavy atom. The quantitative estimate of drug-likeness (QED) is 0.939. The fourth-order valence-corrected chi connectivity index (χ4v) is 3.79. The molecular formula is C17H20N2O2S. The molecule has 1 aromatic heterocycles. The van der Waals surface area contributed by atoms with E-state index < -0.39 is 5.97 Å². The van der Waals surface area contributed by atoms with Crippen molar-refractivity contribution in [2.75, 3.05) is 13.1 Å². The second-order valence-corrected chi connectivity index (χ2v) is 7.03. The van der Waals surface area contributed by atoms with Gasteiger partial charge in [0.15, 0.2) is 0 Å². The Balaban J connectivity index is 1.66. The Kier molecular flexibility index (Phi) is 4.55. The van der Waals surface area contributed by atoms with Gasteiger partial charge in [0.2, 0.25) is 0 Å². The average molecular weight is 316 g/mol. The lowest BCUT2D eigenvalue weighted by atomic mass is 9.98. The summed E-state index contributed by atoms with van der Waals surface area (Å²) in [6.45, 7) is 4.49. The van der Waals surface area contributed by atoms with Gasteiger partial charge in [-0.05, 0) is 26.3 Å². The van der Waals surface area contributed by atoms with E-state index in [2.05, 4.69) is 41.1 Å². The fraction of sp³-hybridized carbons (Fsp3) is 0.412. The molecule has 0 saturated carbocycles. The lowest BCUT2D eigenvalue weighted by Gasteiger charge is -2.29. The smallest absolute Gasteiger partial charge is 0.307 e. The molecule has 0 radical (unpaired) electrons. The molecule has 1 aromatic carbocycles. The van der Waals surface area contributed by atoms with Crippen LogP contribution in [0.2, 0.25) is 0 Å². The molecule has 1 aliphatic rings. The summed E-state index contributed by atoms with van der Waals surface area (Å²) >= 11 is 1.69. The average Bonchev–Trinajstić information content (AvgIpc) is 2.96. The predicted molar refractivity (Wildman–Crippen MR) is 87.9 cm³/mol. The highest BCUT2D eigenvalue weighted by molar-refractivity contribution is 7.15. The Morgan fingerprint density at radius 2 is 2.18 bits per heavy atom. The van der Waals surface area contributed by atoms with Crippen LogP contribution in [-0.4, -0.2) is 34.0 Å². The van der Waals surface area contributed by atoms with Crippen LogP contribution in [0.4, 0.5) is 0 Å². The molecule has 1 fully saturated rings. The van der Waals surface area contributed by atoms with Gasteiger partial charge in [-0.15, -0.1) is 11.3 Å². The van der Waals surface area contributed by atoms with Crippen LogP contribution in [0.1, 0.15) is 23.3 Å². The maximum absolute atomic E-state index is 11.1. The second-order valence-electron chi connectivity index (χ2n) is 5.91. The highest BCUT2D eigenvalue weighted by atomic mass is 32.1. The predicted octanol–water partition coefficient (Wildman–Crippen LogP) is 3.42. The Hall–Kier alpha value is -1.72. The molecule has 116 valence electrons. The van der Waals surface area contributed by atoms with Crippen LogP contribution in [0, 0.1) is 12.8 Å². The zero-order valence-corrected chi connectivity index (χ0v) is 13.5. The molecule has 0 aliphatic carbocycles. The van der Waals surface area contributed by atoms with Crippen molar-refractivity contribution >= 4 is 17.3 Å². The number of carbonyl (C=O) groups is 1. The minimum atomic E-state index is -0.672. The first-order valence-electron chi connectivity index (χ1n) is 7.59. The molecule has 1 unspecified atom stereocenters. The van der Waals surface area contributed by atoms with Gasteiger partial charge in [-0.3, -0.25) is 9.69 Å². The molecule has 0 bridgehead atoms. The monoisotopic (exact) mass is 316 g/mol. The van der Waals surface area contributed by atoms with Crippen LogP contribution in [0.15, 0.2) is 30.5 Å². The van der Waals surface area contributed by atoms with E-state index in [0.717, 1.165) is 36.5 Å². The van der Waals surface area contributed by atoms with Gasteiger partial charge in [-0.25, -0.2) is 4.98 Å². The van der Waals surface area contributed by atoms with E-state index in [1.807, 2.05) is 6.20 Å². The highest BCUT2D eigenvalue weighted by Crippen LogP contribution is 2.27. The van der Waals surface area contributed by atoms with Crippen molar-refractivity contribution in [3.8, 4) is 10.6 Å². The van der Waals surface area contributed by atoms with E-state index in [4.69, 9.17) is 5.11 Å². The fourth-order valence-electron chi connectivity index (χ4n) is 2.83. The first-order valence-corrected chi connectivity index (χ1v) is 8.40. The summed E-state index contributed by atoms with van der Waals surface area (Å²) in [5.41, 5.74) is 2.39. The first kappa shape index (κ1) is 15.2. The summed E-state index contributed by atoms with van der Waals surface area (Å²) in [4.78, 5) is 19.1. The van der Waals surface area contributed by atoms with Crippen LogP contribution in [0.25, 0.3) is 10.6 Å². The van der Waals surface area contributed by atoms with E-state index in [9.17, 15) is 4.79 Å². The Morgan fingerprint density at radius 1 is 1.41 bits per heavy atom. The molecule has 1 saturated heterocycles. The number of hydrogen-bond acceptors (Lipinski definition) is 4. The van der Waals surface area contributed by atoms with Gasteiger partial charge in [-0.2, -0.15) is 0 Å². The number of rotatable bonds is 4. The number of carboxylic acids is 1. The number of benzene rings is 1. The Labute approximate surface area is 134 Å². The van der Waals surface area contributed by atoms with Crippen LogP contribution < -0.4 is 0 Å². The number of thiazole rings is 1. The molecule has 2 heterocycles. The normalized spacial score (nSPS) is 19.2. The van der Waals surface area contributed by atoms with Crippen molar-refractivity contribution in [2.24, 2.45) is 5.92 Å². The Bertz CT molecular complexity index is 651. The number of piperidine rings is 1. The van der Waals surface area contributed by atoms with Crippen molar-refractivity contribution in [1.29, 1.82) is 0 Å². The van der Waals surface area contributed by atoms with Gasteiger partial charge in [0.05, 0.1) is 5.92 Å². The van der Waals surface area contributed by atoms with E-state index in [0.29, 0.717) is 6.54 Å². The lowest BCUT2D eigenvalue weighted by molar-refractivity contribution is -0.143. The third-order valence-electron chi connectivity index (χ3n) is 4.09. The standard InChI is InChI=1S/C17H20N2O2S/c1-12-4-6-13(7-5-12)16-18-9-15(22-16)11-19-8-2-3-14(10-19)17(20)21/h4-7,9,14H,2-3,8,10-11H2,1H3,(H,20,21). The van der Waals surface area contributed by atoms with Crippen LogP contribution >= 0.6 is 11.3 Å². The molecule has 5 heteroatoms. The number of nitrogens with zero attached hydrogens (tertiary/aromatic N) is 2. The van der Waals surface area contributed by atoms with E-state index in [-0.39, 0.29) is 5.92 Å². The van der Waals surface area contributed by atoms with Gasteiger partial charge < -0.3 is 5.11 Å². The van der Waals surface area contributed by atoms with Crippen molar-refractivity contribution in [3.63, 3.8) is 0 Å². The molecule has 1 aliphatic heterocycles. The van der Waals surface area contributed by atoms with Crippen LogP contribution in [0.5, 0.6) is 0 Å². The number of aromatic nitrogens is 1. The SMILES string of the molecule is Cc1ccc(-c2ncc(CN3CCCC(C(=O)O)C3)s2)cc1. The minimum absolute atomic E-state index is 0.224. The molecule has 0 spiro atoms. The molecule has 0 amide bonds. The maximum Gasteiger partial charge on any atom is 0.307 e. The zero-order valence-electron chi connectivity index (χ0n) is 12.7. The minimum Gasteiger partial charge on any atom is -0.481 e. The molecule has 2 aromatic rings. The zero-order chi connectivity index (χ0) is 15.5. The second kappa shape index (κ2) is 6.58. The molecule has 1 N–H and O–H groups in total. The molecule has 1 atom stereocenters. The van der Waals surface area contributed by atoms with Gasteiger partial charge in [-0.1, -0.05) is 29.8 Å². The van der Waals surface area contributed by atoms with Crippen molar-refractivity contribution in [2.45, 2.75) is 26.3 Å². The largest absolute Gasteiger partial charge is 0.481 e. The summed E-state index contributed by atoms with van der Waals surface area (Å²) in [6.07, 6.45) is 3.67. The number of aliphatic carboxylic acids is 1. The summed E-state index contributed by atoms with van der Waals surface area (Å²) < 4.78 is 0. The number of aryl methyl sites for hydroxylation is 1. The maximum atomic E-state index is 11.1. The van der Waals surface area contributed by atoms with Gasteiger partial charge >= 0.3 is 5.97 Å². The van der Waals surface area contributed by atoms with E-state index in [1.165, 1.54) is 10.4 Å². The summed E-state index contributed by atoms with van der Waals surface area (Å²) in [5.74, 6) is -0.896. The van der Waals surface area contributed by atoms with Crippen molar-refractivity contribution in [3.05, 3.63) is 40.9 Å². The molecule has 22 heavy (non-hydrogen) atoms. The van der Waals surface area contributed by atoms with Crippen molar-refractivity contribution < 1.29 is 9.90 Å². The topological polar surface area (TPSA) is 53.4 Å². The van der Waals surface area contributed by atoms with Crippen LogP contribution in [0.3, 0.4) is 0 Å². The van der Waals surface area contributed by atoms with Crippen LogP contribution in [-0.2, 0) is 11.3 Å². The number of likely N-dealkylation sites (tertiary alicyclic amines) is 1. The number of carboxylic acid groups (broad SMARTS) is 1. The molecule has 4 nitrogen and oxygen atoms in total. The van der Waals surface area contributed by atoms with E-state index >= 15 is 0 Å². The summed E-state index contributed by atoms with van der Waals surface area (Å²) in [6, 6.07) is 8.38. The van der Waals surface area contributed by atoms with Gasteiger partial charge in [0, 0.05) is 29.7 Å². The third kappa shape index (κ3) is 3.54. The third-order valence-corrected chi connectivity index (χ3v) is 5.12. The lowest BCUT2D eigenvalue weighted by Crippen LogP contribution is -2.37. The molecule has 3 rings (SSSR count). The van der Waals surface area contributed by atoms with E-state index in [1.54, 1.807) is 11.3 Å². The number of hydrogen-bond donors (Lipinski definition) is 1. The summed E-state index contributed by atoms with van der Waals surface area (Å²) in [5, 5.41) is 10.2. The first-order chi connectivity index (χ1) is 10.6. The van der Waals surface area contributed by atoms with Gasteiger partial charge in [0.1, 0.15) is 5.01 Å². The van der Waals surface area contributed by atoms with Gasteiger partial charge in [0.25, 0.3) is 0 Å². The highest BCUT2D eigenvalue weighted by Gasteiger charge is 2.25. The van der Waals surface area contributed by atoms with Crippen molar-refractivity contribution in [1.82, 2.24) is 9.88 Å².